The van der Waals surface area contributed by atoms with Crippen molar-refractivity contribution in [1.29, 1.82) is 0 Å². The SMILES string of the molecule is O=C(N/N=C/c1ccc(F)cc1)c1ccc(Br)o1. The summed E-state index contributed by atoms with van der Waals surface area (Å²) in [6, 6.07) is 8.86. The molecule has 0 atom stereocenters. The summed E-state index contributed by atoms with van der Waals surface area (Å²) in [6.45, 7) is 0. The van der Waals surface area contributed by atoms with E-state index in [4.69, 9.17) is 4.42 Å². The molecule has 4 nitrogen and oxygen atoms in total. The van der Waals surface area contributed by atoms with E-state index in [0.29, 0.717) is 10.2 Å². The van der Waals surface area contributed by atoms with Crippen LogP contribution in [0.25, 0.3) is 0 Å². The number of hydrogen-bond acceptors (Lipinski definition) is 3. The quantitative estimate of drug-likeness (QED) is 0.700. The van der Waals surface area contributed by atoms with Crippen molar-refractivity contribution in [2.45, 2.75) is 0 Å². The minimum Gasteiger partial charge on any atom is -0.444 e. The van der Waals surface area contributed by atoms with Gasteiger partial charge < -0.3 is 4.42 Å². The molecule has 0 radical (unpaired) electrons. The predicted octanol–water partition coefficient (Wildman–Crippen LogP) is 2.95. The maximum atomic E-state index is 12.6. The van der Waals surface area contributed by atoms with Crippen LogP contribution in [0.2, 0.25) is 0 Å². The fourth-order valence-electron chi connectivity index (χ4n) is 1.21. The van der Waals surface area contributed by atoms with Crippen LogP contribution < -0.4 is 5.43 Å². The number of carbonyl (C=O) groups is 1. The highest BCUT2D eigenvalue weighted by Crippen LogP contribution is 2.13. The Morgan fingerprint density at radius 2 is 2.00 bits per heavy atom. The second kappa shape index (κ2) is 5.59. The molecule has 1 aromatic carbocycles. The summed E-state index contributed by atoms with van der Waals surface area (Å²) < 4.78 is 18.1. The molecule has 0 fully saturated rings. The molecule has 0 aliphatic heterocycles. The Kier molecular flexibility index (Phi) is 3.88. The van der Waals surface area contributed by atoms with Crippen LogP contribution in [0.1, 0.15) is 16.1 Å². The van der Waals surface area contributed by atoms with Crippen molar-refractivity contribution in [2.24, 2.45) is 5.10 Å². The molecule has 0 bridgehead atoms. The number of benzene rings is 1. The van der Waals surface area contributed by atoms with Gasteiger partial charge in [-0.25, -0.2) is 9.82 Å². The number of carbonyl (C=O) groups excluding carboxylic acids is 1. The van der Waals surface area contributed by atoms with Gasteiger partial charge in [0, 0.05) is 0 Å². The zero-order valence-electron chi connectivity index (χ0n) is 9.06. The van der Waals surface area contributed by atoms with Crippen molar-refractivity contribution >= 4 is 28.1 Å². The Bertz CT molecular complexity index is 578. The van der Waals surface area contributed by atoms with E-state index in [1.54, 1.807) is 18.2 Å². The molecular formula is C12H8BrFN2O2. The van der Waals surface area contributed by atoms with Crippen LogP contribution in [0.4, 0.5) is 4.39 Å². The number of furan rings is 1. The van der Waals surface area contributed by atoms with Gasteiger partial charge in [-0.15, -0.1) is 0 Å². The summed E-state index contributed by atoms with van der Waals surface area (Å²) in [5.74, 6) is -0.631. The Morgan fingerprint density at radius 3 is 2.61 bits per heavy atom. The van der Waals surface area contributed by atoms with Gasteiger partial charge in [0.15, 0.2) is 10.4 Å². The third-order valence-corrected chi connectivity index (χ3v) is 2.47. The Hall–Kier alpha value is -1.95. The van der Waals surface area contributed by atoms with E-state index in [2.05, 4.69) is 26.5 Å². The lowest BCUT2D eigenvalue weighted by molar-refractivity contribution is 0.0926. The monoisotopic (exact) mass is 310 g/mol. The van der Waals surface area contributed by atoms with Crippen molar-refractivity contribution in [1.82, 2.24) is 5.43 Å². The maximum Gasteiger partial charge on any atom is 0.307 e. The Morgan fingerprint density at radius 1 is 1.28 bits per heavy atom. The maximum absolute atomic E-state index is 12.6. The molecule has 1 amide bonds. The van der Waals surface area contributed by atoms with Crippen molar-refractivity contribution in [3.05, 3.63) is 58.2 Å². The van der Waals surface area contributed by atoms with Crippen LogP contribution >= 0.6 is 15.9 Å². The molecule has 0 unspecified atom stereocenters. The average Bonchev–Trinajstić information content (AvgIpc) is 2.78. The van der Waals surface area contributed by atoms with Gasteiger partial charge in [-0.1, -0.05) is 12.1 Å². The van der Waals surface area contributed by atoms with E-state index in [1.165, 1.54) is 24.4 Å². The van der Waals surface area contributed by atoms with Crippen LogP contribution in [0, 0.1) is 5.82 Å². The number of halogens is 2. The van der Waals surface area contributed by atoms with Gasteiger partial charge in [-0.2, -0.15) is 5.10 Å². The number of nitrogens with one attached hydrogen (secondary N) is 1. The van der Waals surface area contributed by atoms with Gasteiger partial charge in [-0.05, 0) is 45.8 Å². The second-order valence-electron chi connectivity index (χ2n) is 3.35. The van der Waals surface area contributed by atoms with Gasteiger partial charge in [0.2, 0.25) is 0 Å². The normalized spacial score (nSPS) is 10.8. The lowest BCUT2D eigenvalue weighted by Crippen LogP contribution is -2.16. The summed E-state index contributed by atoms with van der Waals surface area (Å²) in [6.07, 6.45) is 1.41. The standard InChI is InChI=1S/C12H8BrFN2O2/c13-11-6-5-10(18-11)12(17)16-15-7-8-1-3-9(14)4-2-8/h1-7H,(H,16,17)/b15-7+. The molecule has 2 aromatic rings. The Balaban J connectivity index is 1.95. The van der Waals surface area contributed by atoms with Gasteiger partial charge in [0.1, 0.15) is 5.82 Å². The average molecular weight is 311 g/mol. The zero-order chi connectivity index (χ0) is 13.0. The first-order chi connectivity index (χ1) is 8.65. The predicted molar refractivity (Wildman–Crippen MR) is 67.9 cm³/mol. The molecule has 0 saturated carbocycles. The molecule has 18 heavy (non-hydrogen) atoms. The van der Waals surface area contributed by atoms with Crippen molar-refractivity contribution < 1.29 is 13.6 Å². The summed E-state index contributed by atoms with van der Waals surface area (Å²) >= 11 is 3.09. The van der Waals surface area contributed by atoms with E-state index >= 15 is 0 Å². The molecule has 2 rings (SSSR count). The fraction of sp³-hybridized carbons (Fsp3) is 0. The molecule has 0 spiro atoms. The van der Waals surface area contributed by atoms with Crippen LogP contribution in [0.15, 0.2) is 50.6 Å². The largest absolute Gasteiger partial charge is 0.444 e. The summed E-state index contributed by atoms with van der Waals surface area (Å²) in [7, 11) is 0. The Labute approximate surface area is 111 Å². The number of hydrazone groups is 1. The van der Waals surface area contributed by atoms with E-state index in [-0.39, 0.29) is 11.6 Å². The van der Waals surface area contributed by atoms with Gasteiger partial charge in [-0.3, -0.25) is 4.79 Å². The number of nitrogens with zero attached hydrogens (tertiary/aromatic N) is 1. The lowest BCUT2D eigenvalue weighted by atomic mass is 10.2. The summed E-state index contributed by atoms with van der Waals surface area (Å²) in [4.78, 5) is 11.5. The topological polar surface area (TPSA) is 54.6 Å². The van der Waals surface area contributed by atoms with Crippen molar-refractivity contribution in [3.63, 3.8) is 0 Å². The van der Waals surface area contributed by atoms with Gasteiger partial charge in [0.25, 0.3) is 0 Å². The van der Waals surface area contributed by atoms with Crippen LogP contribution in [-0.4, -0.2) is 12.1 Å². The van der Waals surface area contributed by atoms with Crippen LogP contribution in [-0.2, 0) is 0 Å². The van der Waals surface area contributed by atoms with Gasteiger partial charge in [0.05, 0.1) is 6.21 Å². The summed E-state index contributed by atoms with van der Waals surface area (Å²) in [5, 5.41) is 3.73. The molecule has 1 N–H and O–H groups in total. The van der Waals surface area contributed by atoms with Crippen LogP contribution in [0.3, 0.4) is 0 Å². The fourth-order valence-corrected chi connectivity index (χ4v) is 1.51. The highest BCUT2D eigenvalue weighted by molar-refractivity contribution is 9.10. The molecule has 0 aliphatic carbocycles. The first-order valence-electron chi connectivity index (χ1n) is 4.99. The number of hydrogen-bond donors (Lipinski definition) is 1. The van der Waals surface area contributed by atoms with E-state index in [1.807, 2.05) is 0 Å². The van der Waals surface area contributed by atoms with E-state index in [9.17, 15) is 9.18 Å². The first-order valence-corrected chi connectivity index (χ1v) is 5.79. The number of rotatable bonds is 3. The number of amides is 1. The molecule has 0 aliphatic rings. The van der Waals surface area contributed by atoms with E-state index < -0.39 is 5.91 Å². The second-order valence-corrected chi connectivity index (χ2v) is 4.14. The van der Waals surface area contributed by atoms with Crippen molar-refractivity contribution in [3.8, 4) is 0 Å². The minimum atomic E-state index is -0.459. The minimum absolute atomic E-state index is 0.151. The third kappa shape index (κ3) is 3.27. The zero-order valence-corrected chi connectivity index (χ0v) is 10.6. The van der Waals surface area contributed by atoms with E-state index in [0.717, 1.165) is 0 Å². The summed E-state index contributed by atoms with van der Waals surface area (Å²) in [5.41, 5.74) is 2.98. The van der Waals surface area contributed by atoms with Crippen molar-refractivity contribution in [2.75, 3.05) is 0 Å². The molecule has 92 valence electrons. The highest BCUT2D eigenvalue weighted by Gasteiger charge is 2.08. The molecule has 0 saturated heterocycles. The van der Waals surface area contributed by atoms with Crippen LogP contribution in [0.5, 0.6) is 0 Å². The molecule has 6 heteroatoms. The lowest BCUT2D eigenvalue weighted by Gasteiger charge is -1.95. The molecular weight excluding hydrogens is 303 g/mol. The third-order valence-electron chi connectivity index (χ3n) is 2.05. The smallest absolute Gasteiger partial charge is 0.307 e. The van der Waals surface area contributed by atoms with Gasteiger partial charge >= 0.3 is 5.91 Å². The first kappa shape index (κ1) is 12.5. The molecule has 1 heterocycles. The molecule has 1 aromatic heterocycles. The highest BCUT2D eigenvalue weighted by atomic mass is 79.9.